The Hall–Kier alpha value is -0.860. The first-order valence-electron chi connectivity index (χ1n) is 8.62. The molecule has 2 unspecified atom stereocenters. The highest BCUT2D eigenvalue weighted by Gasteiger charge is 2.42. The van der Waals surface area contributed by atoms with E-state index in [1.165, 1.54) is 0 Å². The SMILES string of the molecule is CC(=O)CCCCC(=O)CCCO[C@@H]1OC(CO)[C@H](O)[C@H](O)C1C. The molecule has 7 nitrogen and oxygen atoms in total. The Morgan fingerprint density at radius 3 is 2.29 bits per heavy atom. The number of carbonyl (C=O) groups excluding carboxylic acids is 2. The minimum absolute atomic E-state index is 0.142. The van der Waals surface area contributed by atoms with Crippen LogP contribution in [0.15, 0.2) is 0 Å². The summed E-state index contributed by atoms with van der Waals surface area (Å²) in [7, 11) is 0. The lowest BCUT2D eigenvalue weighted by Crippen LogP contribution is -2.55. The van der Waals surface area contributed by atoms with E-state index in [1.807, 2.05) is 0 Å². The summed E-state index contributed by atoms with van der Waals surface area (Å²) < 4.78 is 11.0. The maximum atomic E-state index is 11.7. The summed E-state index contributed by atoms with van der Waals surface area (Å²) in [6.07, 6.45) is -0.344. The Morgan fingerprint density at radius 2 is 1.67 bits per heavy atom. The Bertz CT molecular complexity index is 396. The average molecular weight is 346 g/mol. The van der Waals surface area contributed by atoms with Crippen LogP contribution in [0.25, 0.3) is 0 Å². The molecule has 0 aromatic heterocycles. The molecule has 0 aromatic carbocycles. The number of hydrogen-bond acceptors (Lipinski definition) is 7. The Kier molecular flexibility index (Phi) is 9.61. The zero-order valence-electron chi connectivity index (χ0n) is 14.5. The molecule has 7 heteroatoms. The maximum absolute atomic E-state index is 11.7. The molecule has 140 valence electrons. The summed E-state index contributed by atoms with van der Waals surface area (Å²) in [6.45, 7) is 3.15. The van der Waals surface area contributed by atoms with Crippen LogP contribution in [0.1, 0.15) is 52.4 Å². The molecule has 0 radical (unpaired) electrons. The van der Waals surface area contributed by atoms with Gasteiger partial charge in [0.05, 0.1) is 19.3 Å². The second kappa shape index (κ2) is 10.9. The summed E-state index contributed by atoms with van der Waals surface area (Å²) in [5.41, 5.74) is 0. The van der Waals surface area contributed by atoms with E-state index < -0.39 is 37.1 Å². The highest BCUT2D eigenvalue weighted by Crippen LogP contribution is 2.26. The van der Waals surface area contributed by atoms with Crippen LogP contribution in [-0.4, -0.2) is 64.7 Å². The van der Waals surface area contributed by atoms with E-state index in [-0.39, 0.29) is 11.6 Å². The molecule has 1 rings (SSSR count). The first-order chi connectivity index (χ1) is 11.4. The van der Waals surface area contributed by atoms with Crippen LogP contribution in [0.3, 0.4) is 0 Å². The molecule has 0 aliphatic carbocycles. The molecule has 1 aliphatic rings. The van der Waals surface area contributed by atoms with Gasteiger partial charge in [0.25, 0.3) is 0 Å². The van der Waals surface area contributed by atoms with Gasteiger partial charge in [0.15, 0.2) is 6.29 Å². The van der Waals surface area contributed by atoms with E-state index in [0.717, 1.165) is 12.8 Å². The van der Waals surface area contributed by atoms with Crippen molar-refractivity contribution in [1.29, 1.82) is 0 Å². The van der Waals surface area contributed by atoms with Gasteiger partial charge in [0.1, 0.15) is 23.8 Å². The van der Waals surface area contributed by atoms with Gasteiger partial charge in [-0.1, -0.05) is 6.92 Å². The van der Waals surface area contributed by atoms with Gasteiger partial charge in [0, 0.05) is 25.2 Å². The lowest BCUT2D eigenvalue weighted by atomic mass is 9.92. The third-order valence-electron chi connectivity index (χ3n) is 4.30. The van der Waals surface area contributed by atoms with Gasteiger partial charge >= 0.3 is 0 Å². The van der Waals surface area contributed by atoms with Crippen LogP contribution in [0.4, 0.5) is 0 Å². The van der Waals surface area contributed by atoms with Gasteiger partial charge in [-0.15, -0.1) is 0 Å². The molecule has 1 saturated heterocycles. The lowest BCUT2D eigenvalue weighted by Gasteiger charge is -2.40. The predicted octanol–water partition coefficient (Wildman–Crippen LogP) is 0.577. The molecular formula is C17H30O7. The number of aliphatic hydroxyl groups excluding tert-OH is 3. The van der Waals surface area contributed by atoms with Gasteiger partial charge in [-0.25, -0.2) is 0 Å². The molecule has 0 saturated carbocycles. The van der Waals surface area contributed by atoms with Crippen molar-refractivity contribution in [3.8, 4) is 0 Å². The fourth-order valence-electron chi connectivity index (χ4n) is 2.70. The van der Waals surface area contributed by atoms with E-state index in [0.29, 0.717) is 32.3 Å². The van der Waals surface area contributed by atoms with Crippen molar-refractivity contribution in [2.75, 3.05) is 13.2 Å². The molecule has 3 N–H and O–H groups in total. The Labute approximate surface area is 143 Å². The van der Waals surface area contributed by atoms with Gasteiger partial charge < -0.3 is 29.6 Å². The second-order valence-electron chi connectivity index (χ2n) is 6.49. The first-order valence-corrected chi connectivity index (χ1v) is 8.62. The number of hydrogen-bond donors (Lipinski definition) is 3. The van der Waals surface area contributed by atoms with E-state index >= 15 is 0 Å². The molecule has 1 aliphatic heterocycles. The summed E-state index contributed by atoms with van der Waals surface area (Å²) in [5, 5.41) is 28.8. The van der Waals surface area contributed by atoms with Crippen LogP contribution in [0, 0.1) is 5.92 Å². The van der Waals surface area contributed by atoms with Gasteiger partial charge in [0.2, 0.25) is 0 Å². The van der Waals surface area contributed by atoms with Crippen LogP contribution in [-0.2, 0) is 19.1 Å². The number of aliphatic hydroxyl groups is 3. The standard InChI is InChI=1S/C17H30O7/c1-11(19)6-3-4-7-13(20)8-5-9-23-17-12(2)15(21)16(22)14(10-18)24-17/h12,14-18,21-22H,3-10H2,1-2H3/t12?,14?,15-,16+,17-/m1/s1. The minimum Gasteiger partial charge on any atom is -0.394 e. The van der Waals surface area contributed by atoms with E-state index in [9.17, 15) is 19.8 Å². The molecule has 0 aromatic rings. The Balaban J connectivity index is 2.19. The van der Waals surface area contributed by atoms with Crippen LogP contribution < -0.4 is 0 Å². The third kappa shape index (κ3) is 6.94. The second-order valence-corrected chi connectivity index (χ2v) is 6.49. The molecule has 0 amide bonds. The largest absolute Gasteiger partial charge is 0.394 e. The highest BCUT2D eigenvalue weighted by molar-refractivity contribution is 5.78. The van der Waals surface area contributed by atoms with E-state index in [4.69, 9.17) is 14.6 Å². The number of ether oxygens (including phenoxy) is 2. The Morgan fingerprint density at radius 1 is 1.04 bits per heavy atom. The molecule has 24 heavy (non-hydrogen) atoms. The minimum atomic E-state index is -1.14. The number of rotatable bonds is 11. The molecule has 0 bridgehead atoms. The van der Waals surface area contributed by atoms with Crippen molar-refractivity contribution in [3.05, 3.63) is 0 Å². The van der Waals surface area contributed by atoms with E-state index in [2.05, 4.69) is 0 Å². The molecule has 1 heterocycles. The summed E-state index contributed by atoms with van der Waals surface area (Å²) in [5.74, 6) is -0.139. The molecule has 5 atom stereocenters. The fourth-order valence-corrected chi connectivity index (χ4v) is 2.70. The zero-order valence-corrected chi connectivity index (χ0v) is 14.5. The summed E-state index contributed by atoms with van der Waals surface area (Å²) in [4.78, 5) is 22.5. The highest BCUT2D eigenvalue weighted by atomic mass is 16.7. The van der Waals surface area contributed by atoms with Gasteiger partial charge in [-0.2, -0.15) is 0 Å². The molecule has 1 fully saturated rings. The monoisotopic (exact) mass is 346 g/mol. The zero-order chi connectivity index (χ0) is 18.1. The van der Waals surface area contributed by atoms with Crippen molar-refractivity contribution >= 4 is 11.6 Å². The quantitative estimate of drug-likeness (QED) is 0.469. The normalized spacial score (nSPS) is 30.3. The van der Waals surface area contributed by atoms with Gasteiger partial charge in [-0.3, -0.25) is 4.79 Å². The van der Waals surface area contributed by atoms with Crippen molar-refractivity contribution in [2.24, 2.45) is 5.92 Å². The molecule has 0 spiro atoms. The predicted molar refractivity (Wildman–Crippen MR) is 86.3 cm³/mol. The van der Waals surface area contributed by atoms with Crippen molar-refractivity contribution < 1.29 is 34.4 Å². The average Bonchev–Trinajstić information content (AvgIpc) is 2.55. The van der Waals surface area contributed by atoms with Crippen molar-refractivity contribution in [2.45, 2.75) is 77.0 Å². The number of unbranched alkanes of at least 4 members (excludes halogenated alkanes) is 1. The summed E-state index contributed by atoms with van der Waals surface area (Å²) in [6, 6.07) is 0. The third-order valence-corrected chi connectivity index (χ3v) is 4.30. The fraction of sp³-hybridized carbons (Fsp3) is 0.882. The number of carbonyl (C=O) groups is 2. The topological polar surface area (TPSA) is 113 Å². The number of Topliss-reactive ketones (excluding diaryl/α,β-unsaturated/α-hetero) is 2. The summed E-state index contributed by atoms with van der Waals surface area (Å²) >= 11 is 0. The lowest BCUT2D eigenvalue weighted by molar-refractivity contribution is -0.282. The molecular weight excluding hydrogens is 316 g/mol. The van der Waals surface area contributed by atoms with Crippen molar-refractivity contribution in [3.63, 3.8) is 0 Å². The van der Waals surface area contributed by atoms with Crippen LogP contribution in [0.5, 0.6) is 0 Å². The van der Waals surface area contributed by atoms with Crippen molar-refractivity contribution in [1.82, 2.24) is 0 Å². The van der Waals surface area contributed by atoms with Crippen LogP contribution in [0.2, 0.25) is 0 Å². The van der Waals surface area contributed by atoms with Crippen LogP contribution >= 0.6 is 0 Å². The number of ketones is 2. The smallest absolute Gasteiger partial charge is 0.163 e. The van der Waals surface area contributed by atoms with E-state index in [1.54, 1.807) is 13.8 Å². The van der Waals surface area contributed by atoms with Gasteiger partial charge in [-0.05, 0) is 26.2 Å². The maximum Gasteiger partial charge on any atom is 0.163 e. The first kappa shape index (κ1) is 21.2.